The molecule has 0 spiro atoms. The SMILES string of the molecule is CNc1nc([C@@H]2CCCN2C(=O)Cc2ccc(F)cc2)nc2c1CCN(C(C)=O)C2. The van der Waals surface area contributed by atoms with Gasteiger partial charge in [0.15, 0.2) is 5.82 Å². The van der Waals surface area contributed by atoms with Gasteiger partial charge in [-0.1, -0.05) is 12.1 Å². The molecule has 4 rings (SSSR count). The van der Waals surface area contributed by atoms with Gasteiger partial charge in [0.2, 0.25) is 11.8 Å². The van der Waals surface area contributed by atoms with Gasteiger partial charge in [-0.2, -0.15) is 0 Å². The van der Waals surface area contributed by atoms with Crippen molar-refractivity contribution in [3.63, 3.8) is 0 Å². The first-order valence-corrected chi connectivity index (χ1v) is 10.3. The molecular formula is C22H26FN5O2. The van der Waals surface area contributed by atoms with Crippen molar-refractivity contribution >= 4 is 17.6 Å². The number of halogens is 1. The lowest BCUT2D eigenvalue weighted by molar-refractivity contribution is -0.131. The summed E-state index contributed by atoms with van der Waals surface area (Å²) in [5.74, 6) is 1.10. The zero-order valence-corrected chi connectivity index (χ0v) is 17.3. The molecule has 1 atom stereocenters. The minimum atomic E-state index is -0.313. The number of hydrogen-bond donors (Lipinski definition) is 1. The topological polar surface area (TPSA) is 78.4 Å². The monoisotopic (exact) mass is 411 g/mol. The summed E-state index contributed by atoms with van der Waals surface area (Å²) in [5.41, 5.74) is 2.68. The third-order valence-corrected chi connectivity index (χ3v) is 5.90. The lowest BCUT2D eigenvalue weighted by atomic mass is 10.0. The first-order chi connectivity index (χ1) is 14.5. The zero-order chi connectivity index (χ0) is 21.3. The molecule has 2 aliphatic rings. The van der Waals surface area contributed by atoms with E-state index in [0.29, 0.717) is 31.9 Å². The van der Waals surface area contributed by atoms with E-state index in [4.69, 9.17) is 9.97 Å². The number of anilines is 1. The number of amides is 2. The molecule has 2 aliphatic heterocycles. The van der Waals surface area contributed by atoms with E-state index >= 15 is 0 Å². The van der Waals surface area contributed by atoms with Crippen LogP contribution in [0.4, 0.5) is 10.2 Å². The molecule has 0 bridgehead atoms. The molecular weight excluding hydrogens is 385 g/mol. The molecule has 2 amide bonds. The fourth-order valence-corrected chi connectivity index (χ4v) is 4.29. The number of carbonyl (C=O) groups excluding carboxylic acids is 2. The second-order valence-electron chi connectivity index (χ2n) is 7.84. The van der Waals surface area contributed by atoms with Crippen LogP contribution in [-0.4, -0.2) is 51.7 Å². The predicted octanol–water partition coefficient (Wildman–Crippen LogP) is 2.47. The Balaban J connectivity index is 1.59. The van der Waals surface area contributed by atoms with E-state index in [1.54, 1.807) is 24.0 Å². The molecule has 8 heteroatoms. The highest BCUT2D eigenvalue weighted by atomic mass is 19.1. The summed E-state index contributed by atoms with van der Waals surface area (Å²) in [6, 6.07) is 5.84. The molecule has 0 aliphatic carbocycles. The van der Waals surface area contributed by atoms with Gasteiger partial charge in [-0.15, -0.1) is 0 Å². The molecule has 30 heavy (non-hydrogen) atoms. The molecule has 1 saturated heterocycles. The average molecular weight is 411 g/mol. The van der Waals surface area contributed by atoms with E-state index in [0.717, 1.165) is 35.5 Å². The highest BCUT2D eigenvalue weighted by Crippen LogP contribution is 2.33. The minimum Gasteiger partial charge on any atom is -0.373 e. The third kappa shape index (κ3) is 3.99. The standard InChI is InChI=1S/C22H26FN5O2/c1-14(29)27-11-9-17-18(13-27)25-22(26-21(17)24-2)19-4-3-10-28(19)20(30)12-15-5-7-16(23)8-6-15/h5-8,19H,3-4,9-13H2,1-2H3,(H,24,25,26)/t19-/m0/s1. The largest absolute Gasteiger partial charge is 0.373 e. The number of nitrogens with one attached hydrogen (secondary N) is 1. The number of rotatable bonds is 4. The van der Waals surface area contributed by atoms with E-state index < -0.39 is 0 Å². The summed E-state index contributed by atoms with van der Waals surface area (Å²) in [7, 11) is 1.83. The van der Waals surface area contributed by atoms with E-state index in [-0.39, 0.29) is 30.1 Å². The molecule has 158 valence electrons. The van der Waals surface area contributed by atoms with Crippen LogP contribution in [0.15, 0.2) is 24.3 Å². The number of benzene rings is 1. The van der Waals surface area contributed by atoms with Crippen molar-refractivity contribution in [3.05, 3.63) is 52.7 Å². The first-order valence-electron chi connectivity index (χ1n) is 10.3. The quantitative estimate of drug-likeness (QED) is 0.836. The summed E-state index contributed by atoms with van der Waals surface area (Å²) >= 11 is 0. The number of carbonyl (C=O) groups is 2. The maximum atomic E-state index is 13.2. The highest BCUT2D eigenvalue weighted by Gasteiger charge is 2.34. The van der Waals surface area contributed by atoms with Gasteiger partial charge in [-0.3, -0.25) is 9.59 Å². The number of nitrogens with zero attached hydrogens (tertiary/aromatic N) is 4. The predicted molar refractivity (Wildman–Crippen MR) is 110 cm³/mol. The van der Waals surface area contributed by atoms with Crippen LogP contribution in [0.3, 0.4) is 0 Å². The molecule has 0 saturated carbocycles. The van der Waals surface area contributed by atoms with Crippen LogP contribution in [0.2, 0.25) is 0 Å². The summed E-state index contributed by atoms with van der Waals surface area (Å²) < 4.78 is 13.2. The molecule has 7 nitrogen and oxygen atoms in total. The molecule has 1 fully saturated rings. The van der Waals surface area contributed by atoms with E-state index in [1.807, 2.05) is 11.9 Å². The molecule has 2 aromatic rings. The van der Waals surface area contributed by atoms with E-state index in [2.05, 4.69) is 5.32 Å². The minimum absolute atomic E-state index is 0.0122. The van der Waals surface area contributed by atoms with Gasteiger partial charge in [-0.05, 0) is 37.0 Å². The maximum Gasteiger partial charge on any atom is 0.227 e. The van der Waals surface area contributed by atoms with E-state index in [9.17, 15) is 14.0 Å². The van der Waals surface area contributed by atoms with Crippen LogP contribution in [-0.2, 0) is 29.0 Å². The van der Waals surface area contributed by atoms with Gasteiger partial charge in [-0.25, -0.2) is 14.4 Å². The Kier molecular flexibility index (Phi) is 5.65. The Morgan fingerprint density at radius 3 is 2.67 bits per heavy atom. The van der Waals surface area contributed by atoms with Crippen molar-refractivity contribution in [2.75, 3.05) is 25.5 Å². The maximum absolute atomic E-state index is 13.2. The van der Waals surface area contributed by atoms with Crippen LogP contribution in [0.1, 0.15) is 48.5 Å². The number of hydrogen-bond acceptors (Lipinski definition) is 5. The van der Waals surface area contributed by atoms with Crippen LogP contribution < -0.4 is 5.32 Å². The smallest absolute Gasteiger partial charge is 0.227 e. The summed E-state index contributed by atoms with van der Waals surface area (Å²) in [6.07, 6.45) is 2.62. The number of fused-ring (bicyclic) bond motifs is 1. The van der Waals surface area contributed by atoms with Gasteiger partial charge in [0.05, 0.1) is 24.7 Å². The van der Waals surface area contributed by atoms with E-state index in [1.165, 1.54) is 12.1 Å². The first kappa shape index (κ1) is 20.3. The Labute approximate surface area is 175 Å². The van der Waals surface area contributed by atoms with Gasteiger partial charge in [0.1, 0.15) is 11.6 Å². The zero-order valence-electron chi connectivity index (χ0n) is 17.3. The van der Waals surface area contributed by atoms with Crippen molar-refractivity contribution in [2.45, 2.75) is 45.2 Å². The Morgan fingerprint density at radius 1 is 1.20 bits per heavy atom. The third-order valence-electron chi connectivity index (χ3n) is 5.90. The average Bonchev–Trinajstić information content (AvgIpc) is 3.24. The van der Waals surface area contributed by atoms with Crippen LogP contribution in [0, 0.1) is 5.82 Å². The Morgan fingerprint density at radius 2 is 1.97 bits per heavy atom. The summed E-state index contributed by atoms with van der Waals surface area (Å²) in [6.45, 7) is 3.34. The van der Waals surface area contributed by atoms with Crippen LogP contribution in [0.5, 0.6) is 0 Å². The molecule has 0 radical (unpaired) electrons. The molecule has 1 aromatic heterocycles. The molecule has 1 aromatic carbocycles. The Hall–Kier alpha value is -3.03. The number of aromatic nitrogens is 2. The Bertz CT molecular complexity index is 963. The molecule has 3 heterocycles. The summed E-state index contributed by atoms with van der Waals surface area (Å²) in [4.78, 5) is 38.0. The van der Waals surface area contributed by atoms with Crippen molar-refractivity contribution in [2.24, 2.45) is 0 Å². The number of likely N-dealkylation sites (tertiary alicyclic amines) is 1. The lowest BCUT2D eigenvalue weighted by Gasteiger charge is -2.30. The second kappa shape index (κ2) is 8.38. The van der Waals surface area contributed by atoms with Crippen molar-refractivity contribution in [3.8, 4) is 0 Å². The van der Waals surface area contributed by atoms with Crippen LogP contribution >= 0.6 is 0 Å². The molecule has 1 N–H and O–H groups in total. The van der Waals surface area contributed by atoms with Crippen molar-refractivity contribution in [1.82, 2.24) is 19.8 Å². The van der Waals surface area contributed by atoms with Gasteiger partial charge < -0.3 is 15.1 Å². The molecule has 0 unspecified atom stereocenters. The van der Waals surface area contributed by atoms with Gasteiger partial charge >= 0.3 is 0 Å². The fraction of sp³-hybridized carbons (Fsp3) is 0.455. The van der Waals surface area contributed by atoms with Crippen molar-refractivity contribution in [1.29, 1.82) is 0 Å². The highest BCUT2D eigenvalue weighted by molar-refractivity contribution is 5.79. The van der Waals surface area contributed by atoms with Crippen LogP contribution in [0.25, 0.3) is 0 Å². The van der Waals surface area contributed by atoms with Gasteiger partial charge in [0.25, 0.3) is 0 Å². The normalized spacial score (nSPS) is 18.3. The van der Waals surface area contributed by atoms with Crippen molar-refractivity contribution < 1.29 is 14.0 Å². The summed E-state index contributed by atoms with van der Waals surface area (Å²) in [5, 5.41) is 3.16. The lowest BCUT2D eigenvalue weighted by Crippen LogP contribution is -2.37. The second-order valence-corrected chi connectivity index (χ2v) is 7.84. The fourth-order valence-electron chi connectivity index (χ4n) is 4.29. The van der Waals surface area contributed by atoms with Gasteiger partial charge in [0, 0.05) is 32.6 Å².